The first-order chi connectivity index (χ1) is 11.0. The van der Waals surface area contributed by atoms with E-state index < -0.39 is 0 Å². The molecule has 2 aromatic carbocycles. The summed E-state index contributed by atoms with van der Waals surface area (Å²) in [5, 5.41) is 39.9. The van der Waals surface area contributed by atoms with Gasteiger partial charge in [0.15, 0.2) is 0 Å². The molecule has 0 atom stereocenters. The second-order valence-electron chi connectivity index (χ2n) is 5.88. The zero-order valence-electron chi connectivity index (χ0n) is 13.6. The maximum absolute atomic E-state index is 10.2. The van der Waals surface area contributed by atoms with Gasteiger partial charge in [0.1, 0.15) is 23.0 Å². The molecule has 0 aliphatic heterocycles. The third-order valence-electron chi connectivity index (χ3n) is 4.00. The van der Waals surface area contributed by atoms with Crippen molar-refractivity contribution in [2.75, 3.05) is 0 Å². The highest BCUT2D eigenvalue weighted by Gasteiger charge is 2.16. The Morgan fingerprint density at radius 3 is 1.39 bits per heavy atom. The third kappa shape index (κ3) is 3.89. The van der Waals surface area contributed by atoms with Crippen LogP contribution in [0.1, 0.15) is 48.9 Å². The first kappa shape index (κ1) is 17.0. The molecule has 0 amide bonds. The molecule has 0 fully saturated rings. The van der Waals surface area contributed by atoms with Crippen LogP contribution in [0, 0.1) is 0 Å². The lowest BCUT2D eigenvalue weighted by Gasteiger charge is -2.16. The van der Waals surface area contributed by atoms with Crippen molar-refractivity contribution in [2.24, 2.45) is 0 Å². The highest BCUT2D eigenvalue weighted by Crippen LogP contribution is 2.35. The second-order valence-corrected chi connectivity index (χ2v) is 5.88. The predicted octanol–water partition coefficient (Wildman–Crippen LogP) is 4.00. The van der Waals surface area contributed by atoms with E-state index in [9.17, 15) is 20.4 Å². The van der Waals surface area contributed by atoms with Crippen LogP contribution in [0.4, 0.5) is 0 Å². The van der Waals surface area contributed by atoms with Crippen LogP contribution >= 0.6 is 0 Å². The maximum atomic E-state index is 10.2. The summed E-state index contributed by atoms with van der Waals surface area (Å²) in [7, 11) is 0. The normalized spacial score (nSPS) is 10.9. The highest BCUT2D eigenvalue weighted by molar-refractivity contribution is 5.53. The average Bonchev–Trinajstić information content (AvgIpc) is 2.45. The van der Waals surface area contributed by atoms with E-state index in [0.717, 1.165) is 36.8 Å². The molecule has 0 heterocycles. The number of phenolic OH excluding ortho intramolecular Hbond substituents is 4. The molecule has 4 nitrogen and oxygen atoms in total. The van der Waals surface area contributed by atoms with Gasteiger partial charge >= 0.3 is 0 Å². The van der Waals surface area contributed by atoms with Crippen LogP contribution in [0.3, 0.4) is 0 Å². The number of hydrogen-bond acceptors (Lipinski definition) is 4. The fraction of sp³-hybridized carbons (Fsp3) is 0.368. The van der Waals surface area contributed by atoms with Gasteiger partial charge in [0.25, 0.3) is 0 Å². The molecular weight excluding hydrogens is 292 g/mol. The van der Waals surface area contributed by atoms with E-state index in [4.69, 9.17) is 0 Å². The largest absolute Gasteiger partial charge is 0.508 e. The van der Waals surface area contributed by atoms with Gasteiger partial charge < -0.3 is 20.4 Å². The van der Waals surface area contributed by atoms with E-state index in [2.05, 4.69) is 0 Å². The van der Waals surface area contributed by atoms with Gasteiger partial charge in [0, 0.05) is 29.7 Å². The van der Waals surface area contributed by atoms with E-state index in [1.165, 1.54) is 12.1 Å². The van der Waals surface area contributed by atoms with Crippen molar-refractivity contribution in [3.63, 3.8) is 0 Å². The smallest absolute Gasteiger partial charge is 0.123 e. The second kappa shape index (κ2) is 7.27. The summed E-state index contributed by atoms with van der Waals surface area (Å²) in [5.74, 6) is 0.142. The van der Waals surface area contributed by atoms with Gasteiger partial charge in [0.05, 0.1) is 0 Å². The minimum Gasteiger partial charge on any atom is -0.508 e. The first-order valence-electron chi connectivity index (χ1n) is 8.03. The fourth-order valence-corrected chi connectivity index (χ4v) is 2.97. The minimum atomic E-state index is 0.0309. The molecule has 0 saturated carbocycles. The SMILES string of the molecule is CCCc1cc(O)cc(O)c1Cc1c(O)cc(O)cc1CCC. The Labute approximate surface area is 136 Å². The lowest BCUT2D eigenvalue weighted by molar-refractivity contribution is 0.440. The molecule has 23 heavy (non-hydrogen) atoms. The number of hydrogen-bond donors (Lipinski definition) is 4. The molecule has 4 N–H and O–H groups in total. The van der Waals surface area contributed by atoms with E-state index in [-0.39, 0.29) is 23.0 Å². The van der Waals surface area contributed by atoms with Crippen molar-refractivity contribution in [3.05, 3.63) is 46.5 Å². The quantitative estimate of drug-likeness (QED) is 0.649. The summed E-state index contributed by atoms with van der Waals surface area (Å²) in [6.45, 7) is 4.07. The first-order valence-corrected chi connectivity index (χ1v) is 8.03. The van der Waals surface area contributed by atoms with Crippen LogP contribution in [0.5, 0.6) is 23.0 Å². The lowest BCUT2D eigenvalue weighted by Crippen LogP contribution is -2.01. The van der Waals surface area contributed by atoms with Gasteiger partial charge in [-0.2, -0.15) is 0 Å². The molecule has 4 heteroatoms. The standard InChI is InChI=1S/C19H24O4/c1-3-5-12-7-14(20)9-18(22)16(12)11-17-13(6-4-2)8-15(21)10-19(17)23/h7-10,20-23H,3-6,11H2,1-2H3. The third-order valence-corrected chi connectivity index (χ3v) is 4.00. The molecular formula is C19H24O4. The Balaban J connectivity index is 2.51. The molecule has 0 radical (unpaired) electrons. The predicted molar refractivity (Wildman–Crippen MR) is 90.3 cm³/mol. The van der Waals surface area contributed by atoms with Crippen molar-refractivity contribution in [1.82, 2.24) is 0 Å². The van der Waals surface area contributed by atoms with Crippen LogP contribution in [-0.2, 0) is 19.3 Å². The molecule has 0 aliphatic carbocycles. The summed E-state index contributed by atoms with van der Waals surface area (Å²) in [5.41, 5.74) is 3.17. The average molecular weight is 316 g/mol. The van der Waals surface area contributed by atoms with Crippen molar-refractivity contribution >= 4 is 0 Å². The molecule has 0 spiro atoms. The van der Waals surface area contributed by atoms with Crippen LogP contribution in [-0.4, -0.2) is 20.4 Å². The van der Waals surface area contributed by atoms with Gasteiger partial charge in [-0.15, -0.1) is 0 Å². The summed E-state index contributed by atoms with van der Waals surface area (Å²) in [6.07, 6.45) is 3.61. The number of aromatic hydroxyl groups is 4. The Bertz CT molecular complexity index is 633. The van der Waals surface area contributed by atoms with Gasteiger partial charge in [-0.1, -0.05) is 26.7 Å². The van der Waals surface area contributed by atoms with Crippen LogP contribution in [0.2, 0.25) is 0 Å². The van der Waals surface area contributed by atoms with Gasteiger partial charge in [0.2, 0.25) is 0 Å². The topological polar surface area (TPSA) is 80.9 Å². The van der Waals surface area contributed by atoms with E-state index in [0.29, 0.717) is 17.5 Å². The van der Waals surface area contributed by atoms with E-state index in [1.807, 2.05) is 13.8 Å². The van der Waals surface area contributed by atoms with Gasteiger partial charge in [-0.25, -0.2) is 0 Å². The fourth-order valence-electron chi connectivity index (χ4n) is 2.97. The monoisotopic (exact) mass is 316 g/mol. The van der Waals surface area contributed by atoms with Crippen molar-refractivity contribution in [1.29, 1.82) is 0 Å². The van der Waals surface area contributed by atoms with Crippen LogP contribution in [0.15, 0.2) is 24.3 Å². The van der Waals surface area contributed by atoms with Crippen molar-refractivity contribution < 1.29 is 20.4 Å². The molecule has 0 unspecified atom stereocenters. The molecule has 2 aromatic rings. The highest BCUT2D eigenvalue weighted by atomic mass is 16.3. The minimum absolute atomic E-state index is 0.0309. The number of aryl methyl sites for hydroxylation is 2. The summed E-state index contributed by atoms with van der Waals surface area (Å²) in [6, 6.07) is 5.97. The van der Waals surface area contributed by atoms with Crippen molar-refractivity contribution in [3.8, 4) is 23.0 Å². The summed E-state index contributed by atoms with van der Waals surface area (Å²) in [4.78, 5) is 0. The number of phenols is 4. The van der Waals surface area contributed by atoms with Crippen LogP contribution in [0.25, 0.3) is 0 Å². The van der Waals surface area contributed by atoms with E-state index in [1.54, 1.807) is 12.1 Å². The molecule has 0 aromatic heterocycles. The summed E-state index contributed by atoms with van der Waals surface area (Å²) < 4.78 is 0. The lowest BCUT2D eigenvalue weighted by atomic mass is 9.91. The molecule has 0 saturated heterocycles. The molecule has 0 aliphatic rings. The zero-order valence-corrected chi connectivity index (χ0v) is 13.6. The Kier molecular flexibility index (Phi) is 5.37. The number of benzene rings is 2. The molecule has 0 bridgehead atoms. The maximum Gasteiger partial charge on any atom is 0.123 e. The number of rotatable bonds is 6. The Hall–Kier alpha value is -2.36. The van der Waals surface area contributed by atoms with E-state index >= 15 is 0 Å². The Morgan fingerprint density at radius 1 is 0.652 bits per heavy atom. The molecule has 2 rings (SSSR count). The Morgan fingerprint density at radius 2 is 1.04 bits per heavy atom. The van der Waals surface area contributed by atoms with Crippen molar-refractivity contribution in [2.45, 2.75) is 46.0 Å². The molecule has 124 valence electrons. The van der Waals surface area contributed by atoms with Gasteiger partial charge in [-0.3, -0.25) is 0 Å². The van der Waals surface area contributed by atoms with Gasteiger partial charge in [-0.05, 0) is 36.1 Å². The summed E-state index contributed by atoms with van der Waals surface area (Å²) >= 11 is 0. The van der Waals surface area contributed by atoms with Crippen LogP contribution < -0.4 is 0 Å². The zero-order chi connectivity index (χ0) is 17.0.